The first-order valence-electron chi connectivity index (χ1n) is 13.3. The van der Waals surface area contributed by atoms with Crippen LogP contribution in [0.15, 0.2) is 59.8 Å². The van der Waals surface area contributed by atoms with Crippen molar-refractivity contribution >= 4 is 10.9 Å². The molecule has 1 aromatic heterocycles. The van der Waals surface area contributed by atoms with Gasteiger partial charge in [-0.05, 0) is 98.7 Å². The van der Waals surface area contributed by atoms with Crippen molar-refractivity contribution < 1.29 is 14.9 Å². The predicted molar refractivity (Wildman–Crippen MR) is 136 cm³/mol. The second-order valence-electron chi connectivity index (χ2n) is 12.3. The van der Waals surface area contributed by atoms with E-state index in [0.717, 1.165) is 49.6 Å². The van der Waals surface area contributed by atoms with Gasteiger partial charge in [-0.1, -0.05) is 37.3 Å². The summed E-state index contributed by atoms with van der Waals surface area (Å²) in [5.41, 5.74) is 4.01. The third-order valence-electron chi connectivity index (χ3n) is 10.5. The molecule has 1 aromatic carbocycles. The van der Waals surface area contributed by atoms with Crippen LogP contribution >= 0.6 is 0 Å². The number of nitrogens with zero attached hydrogens (tertiary/aromatic N) is 2. The number of allylic oxidation sites excluding steroid dienone is 1. The van der Waals surface area contributed by atoms with E-state index in [1.807, 2.05) is 31.3 Å². The Morgan fingerprint density at radius 2 is 1.97 bits per heavy atom. The fraction of sp³-hybridized carbons (Fsp3) is 0.567. The van der Waals surface area contributed by atoms with E-state index >= 15 is 0 Å². The molecular weight excluding hydrogens is 436 g/mol. The van der Waals surface area contributed by atoms with Crippen LogP contribution in [0.1, 0.15) is 56.9 Å². The topological polar surface area (TPSA) is 65.8 Å². The van der Waals surface area contributed by atoms with Gasteiger partial charge in [0, 0.05) is 17.6 Å². The summed E-state index contributed by atoms with van der Waals surface area (Å²) < 4.78 is 7.27. The van der Waals surface area contributed by atoms with E-state index in [4.69, 9.17) is 4.74 Å². The molecule has 0 radical (unpaired) electrons. The third kappa shape index (κ3) is 2.81. The molecule has 3 aliphatic carbocycles. The molecule has 2 saturated carbocycles. The second kappa shape index (κ2) is 7.25. The number of rotatable bonds is 2. The largest absolute Gasteiger partial charge is 0.388 e. The lowest BCUT2D eigenvalue weighted by atomic mass is 9.58. The summed E-state index contributed by atoms with van der Waals surface area (Å²) in [4.78, 5) is 6.67. The van der Waals surface area contributed by atoms with Crippen molar-refractivity contribution in [2.24, 2.45) is 11.3 Å². The molecule has 5 nitrogen and oxygen atoms in total. The summed E-state index contributed by atoms with van der Waals surface area (Å²) in [7, 11) is 3.98. The zero-order valence-corrected chi connectivity index (χ0v) is 20.9. The first-order valence-corrected chi connectivity index (χ1v) is 13.3. The van der Waals surface area contributed by atoms with Crippen molar-refractivity contribution in [1.29, 1.82) is 0 Å². The van der Waals surface area contributed by atoms with E-state index in [-0.39, 0.29) is 17.1 Å². The standard InChI is InChI=1S/C30H36N2O3/c1-28-11-10-20-16-22-26(33)27(34)24(32(2)3)17-29(22)12-13-30(20,35-29)25(28)9-8-21(28)19-7-6-18-5-4-14-31-23(18)15-19/h4-7,10,14-16,21,24-27,33-34H,8-9,11-13,17H2,1-3H3/t21-,24+,25-,26-,27-,28-,29-,30-/m1/s1. The van der Waals surface area contributed by atoms with Gasteiger partial charge >= 0.3 is 0 Å². The molecule has 184 valence electrons. The number of aromatic nitrogens is 1. The van der Waals surface area contributed by atoms with Gasteiger partial charge in [-0.25, -0.2) is 0 Å². The van der Waals surface area contributed by atoms with Gasteiger partial charge in [0.05, 0.1) is 22.8 Å². The van der Waals surface area contributed by atoms with Crippen LogP contribution in [0.3, 0.4) is 0 Å². The van der Waals surface area contributed by atoms with E-state index in [1.165, 1.54) is 16.5 Å². The molecule has 2 aliphatic heterocycles. The molecule has 0 amide bonds. The minimum Gasteiger partial charge on any atom is -0.388 e. The number of benzene rings is 1. The summed E-state index contributed by atoms with van der Waals surface area (Å²) in [5, 5.41) is 23.2. The van der Waals surface area contributed by atoms with Gasteiger partial charge in [-0.15, -0.1) is 0 Å². The summed E-state index contributed by atoms with van der Waals surface area (Å²) in [6.45, 7) is 2.48. The Morgan fingerprint density at radius 3 is 2.80 bits per heavy atom. The summed E-state index contributed by atoms with van der Waals surface area (Å²) >= 11 is 0. The van der Waals surface area contributed by atoms with E-state index in [2.05, 4.69) is 48.3 Å². The Kier molecular flexibility index (Phi) is 4.60. The fourth-order valence-corrected chi connectivity index (χ4v) is 8.77. The van der Waals surface area contributed by atoms with E-state index < -0.39 is 17.8 Å². The molecule has 0 unspecified atom stereocenters. The first kappa shape index (κ1) is 22.2. The molecule has 1 saturated heterocycles. The van der Waals surface area contributed by atoms with Gasteiger partial charge in [0.1, 0.15) is 6.10 Å². The summed E-state index contributed by atoms with van der Waals surface area (Å²) in [5.74, 6) is 0.920. The first-order chi connectivity index (χ1) is 16.8. The number of aliphatic hydroxyl groups excluding tert-OH is 2. The molecule has 2 spiro atoms. The summed E-state index contributed by atoms with van der Waals surface area (Å²) in [6, 6.07) is 10.9. The number of pyridine rings is 1. The summed E-state index contributed by atoms with van der Waals surface area (Å²) in [6.07, 6.45) is 10.8. The van der Waals surface area contributed by atoms with Gasteiger partial charge in [0.25, 0.3) is 0 Å². The molecule has 2 bridgehead atoms. The SMILES string of the molecule is CN(C)[C@H]1C[C@@]23CC[C@@]4(O2)C(=CC[C@]2(C)[C@@H](c5ccc6cccnc6c5)CC[C@H]24)C=C3[C@@H](O)[C@@H]1O. The quantitative estimate of drug-likeness (QED) is 0.680. The zero-order valence-electron chi connectivity index (χ0n) is 20.9. The van der Waals surface area contributed by atoms with Gasteiger partial charge in [-0.2, -0.15) is 0 Å². The van der Waals surface area contributed by atoms with Crippen LogP contribution in [0.4, 0.5) is 0 Å². The molecule has 5 aliphatic rings. The highest BCUT2D eigenvalue weighted by atomic mass is 16.5. The number of fused-ring (bicyclic) bond motifs is 2. The Morgan fingerprint density at radius 1 is 1.11 bits per heavy atom. The maximum Gasteiger partial charge on any atom is 0.105 e. The Balaban J connectivity index is 1.29. The third-order valence-corrected chi connectivity index (χ3v) is 10.5. The highest BCUT2D eigenvalue weighted by molar-refractivity contribution is 5.79. The molecule has 8 atom stereocenters. The average molecular weight is 473 g/mol. The van der Waals surface area contributed by atoms with Gasteiger partial charge in [0.15, 0.2) is 0 Å². The maximum absolute atomic E-state index is 11.2. The van der Waals surface area contributed by atoms with Crippen LogP contribution in [0, 0.1) is 11.3 Å². The van der Waals surface area contributed by atoms with Crippen molar-refractivity contribution in [3.8, 4) is 0 Å². The molecular formula is C30H36N2O3. The average Bonchev–Trinajstić information content (AvgIpc) is 3.37. The Bertz CT molecular complexity index is 1270. The zero-order chi connectivity index (χ0) is 24.2. The minimum absolute atomic E-state index is 0.112. The number of aliphatic hydroxyl groups is 2. The lowest BCUT2D eigenvalue weighted by Gasteiger charge is -2.56. The molecule has 3 heterocycles. The van der Waals surface area contributed by atoms with Gasteiger partial charge < -0.3 is 19.8 Å². The monoisotopic (exact) mass is 472 g/mol. The van der Waals surface area contributed by atoms with Crippen LogP contribution in [0.2, 0.25) is 0 Å². The van der Waals surface area contributed by atoms with Crippen LogP contribution < -0.4 is 0 Å². The number of likely N-dealkylation sites (N-methyl/N-ethyl adjacent to an activating group) is 1. The van der Waals surface area contributed by atoms with Crippen LogP contribution in [-0.2, 0) is 4.74 Å². The van der Waals surface area contributed by atoms with Crippen LogP contribution in [-0.4, -0.2) is 63.6 Å². The lowest BCUT2D eigenvalue weighted by molar-refractivity contribution is -0.165. The molecule has 2 N–H and O–H groups in total. The Hall–Kier alpha value is -2.05. The number of hydrogen-bond donors (Lipinski definition) is 2. The number of hydrogen-bond acceptors (Lipinski definition) is 5. The maximum atomic E-state index is 11.2. The lowest BCUT2D eigenvalue weighted by Crippen LogP contribution is -2.61. The normalized spacial score (nSPS) is 44.0. The van der Waals surface area contributed by atoms with Crippen LogP contribution in [0.5, 0.6) is 0 Å². The smallest absolute Gasteiger partial charge is 0.105 e. The van der Waals surface area contributed by atoms with Crippen molar-refractivity contribution in [2.75, 3.05) is 14.1 Å². The number of ether oxygens (including phenoxy) is 1. The van der Waals surface area contributed by atoms with Crippen LogP contribution in [0.25, 0.3) is 10.9 Å². The van der Waals surface area contributed by atoms with Gasteiger partial charge in [0.2, 0.25) is 0 Å². The highest BCUT2D eigenvalue weighted by Crippen LogP contribution is 2.69. The predicted octanol–water partition coefficient (Wildman–Crippen LogP) is 4.35. The van der Waals surface area contributed by atoms with Gasteiger partial charge in [-0.3, -0.25) is 4.98 Å². The molecule has 3 fully saturated rings. The molecule has 2 aromatic rings. The Labute approximate surface area is 207 Å². The van der Waals surface area contributed by atoms with Crippen molar-refractivity contribution in [1.82, 2.24) is 9.88 Å². The molecule has 7 rings (SSSR count). The fourth-order valence-electron chi connectivity index (χ4n) is 8.77. The van der Waals surface area contributed by atoms with Crippen molar-refractivity contribution in [2.45, 2.75) is 80.8 Å². The molecule has 5 heteroatoms. The second-order valence-corrected chi connectivity index (χ2v) is 12.3. The highest BCUT2D eigenvalue weighted by Gasteiger charge is 2.68. The van der Waals surface area contributed by atoms with E-state index in [0.29, 0.717) is 11.8 Å². The van der Waals surface area contributed by atoms with Crippen molar-refractivity contribution in [3.63, 3.8) is 0 Å². The van der Waals surface area contributed by atoms with E-state index in [1.54, 1.807) is 0 Å². The molecule has 35 heavy (non-hydrogen) atoms. The van der Waals surface area contributed by atoms with E-state index in [9.17, 15) is 10.2 Å². The minimum atomic E-state index is -0.872. The van der Waals surface area contributed by atoms with Crippen molar-refractivity contribution in [3.05, 3.63) is 65.4 Å².